The maximum Gasteiger partial charge on any atom is 0.0467 e. The zero-order chi connectivity index (χ0) is 54.4. The molecule has 80 heavy (non-hydrogen) atoms. The Hall–Kier alpha value is -10.2. The maximum absolute atomic E-state index is 2.34. The minimum Gasteiger partial charge on any atom is -0.311 e. The van der Waals surface area contributed by atoms with E-state index in [9.17, 15) is 0 Å². The topological polar surface area (TPSA) is 13.0 Å². The Balaban J connectivity index is 0.791. The summed E-state index contributed by atoms with van der Waals surface area (Å²) in [6.07, 6.45) is 0. The van der Waals surface area contributed by atoms with Crippen LogP contribution in [0.4, 0.5) is 68.2 Å². The monoisotopic (exact) mass is 1030 g/mol. The highest BCUT2D eigenvalue weighted by molar-refractivity contribution is 5.85. The second-order valence-corrected chi connectivity index (χ2v) is 20.7. The van der Waals surface area contributed by atoms with Crippen LogP contribution in [0, 0.1) is 27.7 Å². The average Bonchev–Trinajstić information content (AvgIpc) is 3.51. The Morgan fingerprint density at radius 1 is 0.150 bits per heavy atom. The van der Waals surface area contributed by atoms with Crippen LogP contribution >= 0.6 is 0 Å². The van der Waals surface area contributed by atoms with Crippen molar-refractivity contribution in [2.24, 2.45) is 0 Å². The minimum absolute atomic E-state index is 1.08. The fraction of sp³-hybridized carbons (Fsp3) is 0.0526. The Labute approximate surface area is 472 Å². The van der Waals surface area contributed by atoms with Crippen LogP contribution in [-0.4, -0.2) is 0 Å². The van der Waals surface area contributed by atoms with Gasteiger partial charge >= 0.3 is 0 Å². The van der Waals surface area contributed by atoms with E-state index in [1.807, 2.05) is 0 Å². The highest BCUT2D eigenvalue weighted by Crippen LogP contribution is 2.42. The van der Waals surface area contributed by atoms with Crippen LogP contribution in [0.2, 0.25) is 0 Å². The molecule has 0 aliphatic heterocycles. The van der Waals surface area contributed by atoms with Crippen molar-refractivity contribution in [3.05, 3.63) is 326 Å². The molecule has 0 amide bonds. The van der Waals surface area contributed by atoms with Crippen LogP contribution in [-0.2, 0) is 0 Å². The number of para-hydroxylation sites is 2. The molecular weight excluding hydrogens is 969 g/mol. The summed E-state index contributed by atoms with van der Waals surface area (Å²) in [6.45, 7) is 8.59. The fourth-order valence-corrected chi connectivity index (χ4v) is 10.9. The molecule has 12 aromatic carbocycles. The van der Waals surface area contributed by atoms with E-state index in [-0.39, 0.29) is 0 Å². The smallest absolute Gasteiger partial charge is 0.0467 e. The number of hydrogen-bond donors (Lipinski definition) is 0. The third-order valence-corrected chi connectivity index (χ3v) is 14.8. The van der Waals surface area contributed by atoms with Crippen molar-refractivity contribution in [1.82, 2.24) is 0 Å². The molecule has 4 nitrogen and oxygen atoms in total. The van der Waals surface area contributed by atoms with Gasteiger partial charge in [-0.25, -0.2) is 0 Å². The number of anilines is 12. The predicted octanol–water partition coefficient (Wildman–Crippen LogP) is 21.8. The van der Waals surface area contributed by atoms with Gasteiger partial charge in [0.25, 0.3) is 0 Å². The standard InChI is InChI=1S/C76H62N4/c1-55-16-11-25-72(50-55)79(73-26-12-17-56(2)51-73)70-46-36-62(37-47-70)60-32-42-68(43-33-60)77(65-21-7-5-8-22-65)67-40-30-59(31-41-67)61-34-44-69(45-35-61)78(66-23-9-6-10-24-66)76-29-15-20-64(54-76)63-38-48-71(49-39-63)80(74-27-13-18-57(3)52-74)75-28-14-19-58(4)53-75/h5-54H,1-4H3. The van der Waals surface area contributed by atoms with Gasteiger partial charge in [-0.3, -0.25) is 0 Å². The SMILES string of the molecule is Cc1cccc(N(c2ccc(-c3ccc(N(c4ccccc4)c4ccc(-c5ccc(N(c6ccccc6)c6cccc(-c7ccc(N(c8cccc(C)c8)c8cccc(C)c8)cc7)c6)cc5)cc4)cc3)cc2)c2cccc(C)c2)c1. The first-order valence-corrected chi connectivity index (χ1v) is 27.5. The van der Waals surface area contributed by atoms with Crippen LogP contribution in [0.1, 0.15) is 22.3 Å². The molecule has 0 N–H and O–H groups in total. The summed E-state index contributed by atoms with van der Waals surface area (Å²) in [5.41, 5.74) is 25.1. The number of rotatable bonds is 15. The van der Waals surface area contributed by atoms with Crippen LogP contribution in [0.25, 0.3) is 33.4 Å². The number of benzene rings is 12. The summed E-state index contributed by atoms with van der Waals surface area (Å²) in [5, 5.41) is 0. The maximum atomic E-state index is 2.34. The zero-order valence-electron chi connectivity index (χ0n) is 45.7. The molecule has 4 heteroatoms. The first-order valence-electron chi connectivity index (χ1n) is 27.5. The first-order chi connectivity index (χ1) is 39.3. The number of aryl methyl sites for hydroxylation is 4. The van der Waals surface area contributed by atoms with Gasteiger partial charge in [-0.1, -0.05) is 158 Å². The molecule has 0 aromatic heterocycles. The molecule has 0 saturated heterocycles. The molecule has 0 unspecified atom stereocenters. The largest absolute Gasteiger partial charge is 0.311 e. The van der Waals surface area contributed by atoms with Crippen molar-refractivity contribution in [2.45, 2.75) is 27.7 Å². The lowest BCUT2D eigenvalue weighted by Gasteiger charge is -2.27. The number of nitrogens with zero attached hydrogens (tertiary/aromatic N) is 4. The van der Waals surface area contributed by atoms with Gasteiger partial charge in [0.2, 0.25) is 0 Å². The Morgan fingerprint density at radius 2 is 0.350 bits per heavy atom. The highest BCUT2D eigenvalue weighted by Gasteiger charge is 2.19. The van der Waals surface area contributed by atoms with E-state index >= 15 is 0 Å². The molecular formula is C76H62N4. The molecule has 0 heterocycles. The lowest BCUT2D eigenvalue weighted by molar-refractivity contribution is 1.26. The summed E-state index contributed by atoms with van der Waals surface area (Å²) in [7, 11) is 0. The average molecular weight is 1030 g/mol. The van der Waals surface area contributed by atoms with E-state index in [1.54, 1.807) is 0 Å². The highest BCUT2D eigenvalue weighted by atomic mass is 15.2. The normalized spacial score (nSPS) is 11.0. The van der Waals surface area contributed by atoms with E-state index in [0.717, 1.165) is 102 Å². The van der Waals surface area contributed by atoms with Gasteiger partial charge < -0.3 is 19.6 Å². The molecule has 0 radical (unpaired) electrons. The molecule has 12 rings (SSSR count). The molecule has 386 valence electrons. The van der Waals surface area contributed by atoms with Gasteiger partial charge in [-0.15, -0.1) is 0 Å². The summed E-state index contributed by atoms with van der Waals surface area (Å²) in [5.74, 6) is 0. The molecule has 0 spiro atoms. The Bertz CT molecular complexity index is 3930. The second kappa shape index (κ2) is 22.8. The molecule has 0 atom stereocenters. The van der Waals surface area contributed by atoms with Crippen molar-refractivity contribution in [3.8, 4) is 33.4 Å². The van der Waals surface area contributed by atoms with Crippen molar-refractivity contribution in [3.63, 3.8) is 0 Å². The number of hydrogen-bond acceptors (Lipinski definition) is 4. The molecule has 0 aliphatic rings. The van der Waals surface area contributed by atoms with Crippen molar-refractivity contribution in [2.75, 3.05) is 19.6 Å². The lowest BCUT2D eigenvalue weighted by Crippen LogP contribution is -2.10. The Morgan fingerprint density at radius 3 is 0.625 bits per heavy atom. The van der Waals surface area contributed by atoms with E-state index in [1.165, 1.54) is 22.3 Å². The third kappa shape index (κ3) is 11.0. The van der Waals surface area contributed by atoms with Crippen LogP contribution in [0.15, 0.2) is 303 Å². The fourth-order valence-electron chi connectivity index (χ4n) is 10.9. The molecule has 0 fully saturated rings. The molecule has 12 aromatic rings. The minimum atomic E-state index is 1.08. The second-order valence-electron chi connectivity index (χ2n) is 20.7. The Kier molecular flexibility index (Phi) is 14.4. The summed E-state index contributed by atoms with van der Waals surface area (Å²) in [4.78, 5) is 9.34. The van der Waals surface area contributed by atoms with Crippen molar-refractivity contribution < 1.29 is 0 Å². The van der Waals surface area contributed by atoms with Crippen LogP contribution < -0.4 is 19.6 Å². The van der Waals surface area contributed by atoms with E-state index in [2.05, 4.69) is 351 Å². The quantitative estimate of drug-likeness (QED) is 0.101. The first kappa shape index (κ1) is 50.6. The molecule has 0 aliphatic carbocycles. The third-order valence-electron chi connectivity index (χ3n) is 14.8. The lowest BCUT2D eigenvalue weighted by atomic mass is 10.0. The van der Waals surface area contributed by atoms with E-state index < -0.39 is 0 Å². The zero-order valence-corrected chi connectivity index (χ0v) is 45.7. The van der Waals surface area contributed by atoms with Gasteiger partial charge in [0, 0.05) is 68.2 Å². The van der Waals surface area contributed by atoms with Crippen LogP contribution in [0.5, 0.6) is 0 Å². The molecule has 0 saturated carbocycles. The van der Waals surface area contributed by atoms with Crippen LogP contribution in [0.3, 0.4) is 0 Å². The van der Waals surface area contributed by atoms with Crippen molar-refractivity contribution in [1.29, 1.82) is 0 Å². The van der Waals surface area contributed by atoms with Gasteiger partial charge in [0.15, 0.2) is 0 Å². The van der Waals surface area contributed by atoms with Gasteiger partial charge in [-0.2, -0.15) is 0 Å². The van der Waals surface area contributed by atoms with Gasteiger partial charge in [0.05, 0.1) is 0 Å². The summed E-state index contributed by atoms with van der Waals surface area (Å²) >= 11 is 0. The predicted molar refractivity (Wildman–Crippen MR) is 340 cm³/mol. The summed E-state index contributed by atoms with van der Waals surface area (Å²) in [6, 6.07) is 110. The van der Waals surface area contributed by atoms with Crippen molar-refractivity contribution >= 4 is 68.2 Å². The van der Waals surface area contributed by atoms with Gasteiger partial charge in [-0.05, 0) is 229 Å². The van der Waals surface area contributed by atoms with E-state index in [0.29, 0.717) is 0 Å². The van der Waals surface area contributed by atoms with Gasteiger partial charge in [0.1, 0.15) is 0 Å². The summed E-state index contributed by atoms with van der Waals surface area (Å²) < 4.78 is 0. The van der Waals surface area contributed by atoms with E-state index in [4.69, 9.17) is 0 Å². The molecule has 0 bridgehead atoms.